The molecule has 2 aromatic heterocycles. The zero-order valence-electron chi connectivity index (χ0n) is 9.81. The number of nitrogens with zero attached hydrogens (tertiary/aromatic N) is 3. The molecule has 0 saturated carbocycles. The van der Waals surface area contributed by atoms with E-state index in [1.54, 1.807) is 13.0 Å². The normalized spacial score (nSPS) is 10.8. The summed E-state index contributed by atoms with van der Waals surface area (Å²) in [6.45, 7) is 5.69. The van der Waals surface area contributed by atoms with Gasteiger partial charge in [-0.05, 0) is 6.92 Å². The summed E-state index contributed by atoms with van der Waals surface area (Å²) in [5, 5.41) is 12.7. The molecule has 0 spiro atoms. The van der Waals surface area contributed by atoms with E-state index in [1.807, 2.05) is 13.8 Å². The summed E-state index contributed by atoms with van der Waals surface area (Å²) in [7, 11) is 0. The summed E-state index contributed by atoms with van der Waals surface area (Å²) in [4.78, 5) is 15.8. The molecule has 7 nitrogen and oxygen atoms in total. The maximum atomic E-state index is 11.7. The van der Waals surface area contributed by atoms with E-state index in [2.05, 4.69) is 25.7 Å². The number of rotatable bonds is 3. The third-order valence-electron chi connectivity index (χ3n) is 2.12. The van der Waals surface area contributed by atoms with Gasteiger partial charge in [0.25, 0.3) is 5.91 Å². The van der Waals surface area contributed by atoms with Crippen molar-refractivity contribution in [2.75, 3.05) is 5.32 Å². The highest BCUT2D eigenvalue weighted by Crippen LogP contribution is 2.11. The second-order valence-corrected chi connectivity index (χ2v) is 3.99. The number of H-pyrrole nitrogens is 1. The minimum atomic E-state index is -0.427. The van der Waals surface area contributed by atoms with Crippen LogP contribution in [0, 0.1) is 6.92 Å². The lowest BCUT2D eigenvalue weighted by Crippen LogP contribution is -2.13. The topological polar surface area (TPSA) is 96.7 Å². The number of amides is 1. The fourth-order valence-corrected chi connectivity index (χ4v) is 1.22. The molecule has 2 heterocycles. The van der Waals surface area contributed by atoms with E-state index >= 15 is 0 Å². The lowest BCUT2D eigenvalue weighted by Gasteiger charge is -1.96. The third-order valence-corrected chi connectivity index (χ3v) is 2.12. The van der Waals surface area contributed by atoms with Gasteiger partial charge >= 0.3 is 0 Å². The predicted molar refractivity (Wildman–Crippen MR) is 59.7 cm³/mol. The number of carbonyl (C=O) groups is 1. The average molecular weight is 235 g/mol. The largest absolute Gasteiger partial charge is 0.338 e. The van der Waals surface area contributed by atoms with Crippen LogP contribution in [0.15, 0.2) is 10.6 Å². The molecule has 0 aliphatic heterocycles. The molecule has 0 saturated heterocycles. The molecule has 0 atom stereocenters. The lowest BCUT2D eigenvalue weighted by molar-refractivity contribution is 0.101. The molecule has 2 rings (SSSR count). The number of hydrogen-bond donors (Lipinski definition) is 2. The SMILES string of the molecule is Cc1cc(NC(=O)c2n[nH]c(C(C)C)n2)on1. The van der Waals surface area contributed by atoms with E-state index in [0.717, 1.165) is 0 Å². The Labute approximate surface area is 97.6 Å². The van der Waals surface area contributed by atoms with Crippen LogP contribution in [0.1, 0.15) is 41.9 Å². The molecule has 0 aliphatic carbocycles. The Balaban J connectivity index is 2.09. The van der Waals surface area contributed by atoms with Crippen LogP contribution in [0.2, 0.25) is 0 Å². The van der Waals surface area contributed by atoms with Gasteiger partial charge in [-0.2, -0.15) is 0 Å². The van der Waals surface area contributed by atoms with Crippen molar-refractivity contribution in [3.05, 3.63) is 23.4 Å². The molecule has 2 aromatic rings. The van der Waals surface area contributed by atoms with E-state index in [1.165, 1.54) is 0 Å². The summed E-state index contributed by atoms with van der Waals surface area (Å²) < 4.78 is 4.86. The van der Waals surface area contributed by atoms with Gasteiger partial charge in [-0.1, -0.05) is 19.0 Å². The van der Waals surface area contributed by atoms with Crippen LogP contribution in [0.25, 0.3) is 0 Å². The van der Waals surface area contributed by atoms with Gasteiger partial charge in [0.2, 0.25) is 11.7 Å². The maximum absolute atomic E-state index is 11.7. The average Bonchev–Trinajstić information content (AvgIpc) is 2.86. The highest BCUT2D eigenvalue weighted by molar-refractivity contribution is 6.00. The third kappa shape index (κ3) is 2.49. The van der Waals surface area contributed by atoms with Crippen LogP contribution in [0.5, 0.6) is 0 Å². The number of nitrogens with one attached hydrogen (secondary N) is 2. The van der Waals surface area contributed by atoms with Gasteiger partial charge in [0.05, 0.1) is 5.69 Å². The monoisotopic (exact) mass is 235 g/mol. The van der Waals surface area contributed by atoms with E-state index in [-0.39, 0.29) is 17.6 Å². The molecule has 0 fully saturated rings. The molecule has 2 N–H and O–H groups in total. The van der Waals surface area contributed by atoms with Gasteiger partial charge in [-0.3, -0.25) is 15.2 Å². The Kier molecular flexibility index (Phi) is 2.90. The van der Waals surface area contributed by atoms with E-state index in [9.17, 15) is 4.79 Å². The minimum Gasteiger partial charge on any atom is -0.338 e. The molecule has 7 heteroatoms. The van der Waals surface area contributed by atoms with Crippen molar-refractivity contribution in [1.82, 2.24) is 20.3 Å². The first-order valence-corrected chi connectivity index (χ1v) is 5.23. The smallest absolute Gasteiger partial charge is 0.297 e. The number of aromatic amines is 1. The molecule has 0 bridgehead atoms. The highest BCUT2D eigenvalue weighted by atomic mass is 16.5. The first-order chi connectivity index (χ1) is 8.06. The van der Waals surface area contributed by atoms with E-state index in [0.29, 0.717) is 11.5 Å². The Bertz CT molecular complexity index is 528. The van der Waals surface area contributed by atoms with Crippen molar-refractivity contribution in [2.45, 2.75) is 26.7 Å². The summed E-state index contributed by atoms with van der Waals surface area (Å²) in [6.07, 6.45) is 0. The Hall–Kier alpha value is -2.18. The van der Waals surface area contributed by atoms with E-state index < -0.39 is 5.91 Å². The molecule has 0 aromatic carbocycles. The number of hydrogen-bond acceptors (Lipinski definition) is 5. The second kappa shape index (κ2) is 4.36. The molecule has 1 amide bonds. The van der Waals surface area contributed by atoms with Gasteiger partial charge in [0, 0.05) is 12.0 Å². The van der Waals surface area contributed by atoms with Crippen molar-refractivity contribution < 1.29 is 9.32 Å². The summed E-state index contributed by atoms with van der Waals surface area (Å²) in [5.74, 6) is 0.802. The number of aromatic nitrogens is 4. The predicted octanol–water partition coefficient (Wildman–Crippen LogP) is 1.48. The Morgan fingerprint density at radius 3 is 2.82 bits per heavy atom. The van der Waals surface area contributed by atoms with Crippen LogP contribution < -0.4 is 5.32 Å². The molecule has 0 radical (unpaired) electrons. The highest BCUT2D eigenvalue weighted by Gasteiger charge is 2.15. The minimum absolute atomic E-state index is 0.0859. The molecule has 0 unspecified atom stereocenters. The fraction of sp³-hybridized carbons (Fsp3) is 0.400. The number of aryl methyl sites for hydroxylation is 1. The fourth-order valence-electron chi connectivity index (χ4n) is 1.22. The maximum Gasteiger partial charge on any atom is 0.297 e. The standard InChI is InChI=1S/C10H13N5O2/c1-5(2)8-12-9(14-13-8)10(16)11-7-4-6(3)15-17-7/h4-5H,1-3H3,(H,11,16)(H,12,13,14). The van der Waals surface area contributed by atoms with Gasteiger partial charge in [-0.25, -0.2) is 4.98 Å². The van der Waals surface area contributed by atoms with Crippen molar-refractivity contribution >= 4 is 11.8 Å². The molecular weight excluding hydrogens is 222 g/mol. The summed E-state index contributed by atoms with van der Waals surface area (Å²) in [5.41, 5.74) is 0.693. The van der Waals surface area contributed by atoms with Crippen molar-refractivity contribution in [2.24, 2.45) is 0 Å². The van der Waals surface area contributed by atoms with Crippen LogP contribution in [0.3, 0.4) is 0 Å². The van der Waals surface area contributed by atoms with Crippen LogP contribution >= 0.6 is 0 Å². The number of anilines is 1. The van der Waals surface area contributed by atoms with Gasteiger partial charge in [-0.15, -0.1) is 5.10 Å². The van der Waals surface area contributed by atoms with Crippen LogP contribution in [-0.4, -0.2) is 26.2 Å². The first kappa shape index (κ1) is 11.3. The summed E-state index contributed by atoms with van der Waals surface area (Å²) in [6, 6.07) is 1.62. The van der Waals surface area contributed by atoms with Crippen molar-refractivity contribution in [3.63, 3.8) is 0 Å². The molecule has 0 aliphatic rings. The van der Waals surface area contributed by atoms with Gasteiger partial charge < -0.3 is 4.52 Å². The zero-order valence-corrected chi connectivity index (χ0v) is 9.81. The van der Waals surface area contributed by atoms with Crippen LogP contribution in [-0.2, 0) is 0 Å². The van der Waals surface area contributed by atoms with Gasteiger partial charge in [0.1, 0.15) is 5.82 Å². The summed E-state index contributed by atoms with van der Waals surface area (Å²) >= 11 is 0. The first-order valence-electron chi connectivity index (χ1n) is 5.23. The second-order valence-electron chi connectivity index (χ2n) is 3.99. The van der Waals surface area contributed by atoms with Crippen LogP contribution in [0.4, 0.5) is 5.88 Å². The Morgan fingerprint density at radius 2 is 2.29 bits per heavy atom. The van der Waals surface area contributed by atoms with Crippen molar-refractivity contribution in [3.8, 4) is 0 Å². The van der Waals surface area contributed by atoms with Gasteiger partial charge in [0.15, 0.2) is 0 Å². The number of carbonyl (C=O) groups excluding carboxylic acids is 1. The van der Waals surface area contributed by atoms with E-state index in [4.69, 9.17) is 4.52 Å². The Morgan fingerprint density at radius 1 is 1.53 bits per heavy atom. The quantitative estimate of drug-likeness (QED) is 0.839. The van der Waals surface area contributed by atoms with Crippen molar-refractivity contribution in [1.29, 1.82) is 0 Å². The molecule has 90 valence electrons. The molecular formula is C10H13N5O2. The molecule has 17 heavy (non-hydrogen) atoms. The zero-order chi connectivity index (χ0) is 12.4. The lowest BCUT2D eigenvalue weighted by atomic mass is 10.2.